The number of ether oxygens (including phenoxy) is 2. The minimum Gasteiger partial charge on any atom is -0.463 e. The summed E-state index contributed by atoms with van der Waals surface area (Å²) < 4.78 is 15.9. The average molecular weight is 375 g/mol. The van der Waals surface area contributed by atoms with Gasteiger partial charge in [0.05, 0.1) is 16.8 Å². The fourth-order valence-corrected chi connectivity index (χ4v) is 3.14. The van der Waals surface area contributed by atoms with Gasteiger partial charge < -0.3 is 18.9 Å². The van der Waals surface area contributed by atoms with Crippen LogP contribution in [0.25, 0.3) is 10.2 Å². The number of aryl methyl sites for hydroxylation is 1. The number of thiazole rings is 1. The molecule has 0 aliphatic rings. The first kappa shape index (κ1) is 17.9. The largest absolute Gasteiger partial charge is 0.463 e. The Morgan fingerprint density at radius 2 is 2.08 bits per heavy atom. The SMILES string of the molecule is Cc1cc(OCC(=O)OCC(=O)N(C)Cc2nc3ccccc3s2)no1. The lowest BCUT2D eigenvalue weighted by atomic mass is 10.3. The molecule has 0 bridgehead atoms. The summed E-state index contributed by atoms with van der Waals surface area (Å²) >= 11 is 1.53. The van der Waals surface area contributed by atoms with E-state index in [9.17, 15) is 9.59 Å². The van der Waals surface area contributed by atoms with E-state index in [2.05, 4.69) is 10.1 Å². The Morgan fingerprint density at radius 1 is 1.27 bits per heavy atom. The molecule has 0 N–H and O–H groups in total. The van der Waals surface area contributed by atoms with Gasteiger partial charge in [-0.05, 0) is 24.2 Å². The fourth-order valence-electron chi connectivity index (χ4n) is 2.12. The average Bonchev–Trinajstić information content (AvgIpc) is 3.22. The number of hydrogen-bond acceptors (Lipinski definition) is 8. The van der Waals surface area contributed by atoms with Gasteiger partial charge in [-0.2, -0.15) is 0 Å². The Hall–Kier alpha value is -2.94. The van der Waals surface area contributed by atoms with E-state index in [0.29, 0.717) is 12.3 Å². The Balaban J connectivity index is 1.44. The molecule has 3 rings (SSSR count). The van der Waals surface area contributed by atoms with Crippen molar-refractivity contribution < 1.29 is 23.6 Å². The van der Waals surface area contributed by atoms with E-state index in [-0.39, 0.29) is 25.0 Å². The van der Waals surface area contributed by atoms with Crippen molar-refractivity contribution in [3.63, 3.8) is 0 Å². The summed E-state index contributed by atoms with van der Waals surface area (Å²) in [6, 6.07) is 9.32. The van der Waals surface area contributed by atoms with Crippen LogP contribution in [0.15, 0.2) is 34.9 Å². The normalized spacial score (nSPS) is 10.7. The molecule has 0 aliphatic heterocycles. The number of rotatable bonds is 7. The highest BCUT2D eigenvalue weighted by Gasteiger charge is 2.15. The first-order valence-electron chi connectivity index (χ1n) is 7.81. The predicted octanol–water partition coefficient (Wildman–Crippen LogP) is 2.17. The summed E-state index contributed by atoms with van der Waals surface area (Å²) in [6.45, 7) is 1.35. The van der Waals surface area contributed by atoms with Gasteiger partial charge in [-0.1, -0.05) is 12.1 Å². The minimum absolute atomic E-state index is 0.193. The Bertz CT molecular complexity index is 887. The number of amides is 1. The number of benzene rings is 1. The van der Waals surface area contributed by atoms with E-state index in [1.165, 1.54) is 16.2 Å². The third kappa shape index (κ3) is 4.57. The summed E-state index contributed by atoms with van der Waals surface area (Å²) in [4.78, 5) is 29.7. The zero-order valence-corrected chi connectivity index (χ0v) is 15.1. The van der Waals surface area contributed by atoms with Crippen LogP contribution in [-0.2, 0) is 20.9 Å². The van der Waals surface area contributed by atoms with Crippen LogP contribution in [0.3, 0.4) is 0 Å². The van der Waals surface area contributed by atoms with Crippen LogP contribution in [0.1, 0.15) is 10.8 Å². The van der Waals surface area contributed by atoms with Gasteiger partial charge in [-0.25, -0.2) is 9.78 Å². The first-order chi connectivity index (χ1) is 12.5. The number of hydrogen-bond donors (Lipinski definition) is 0. The summed E-state index contributed by atoms with van der Waals surface area (Å²) in [5.74, 6) is -0.221. The molecule has 2 heterocycles. The summed E-state index contributed by atoms with van der Waals surface area (Å²) in [5, 5.41) is 4.41. The van der Waals surface area contributed by atoms with Gasteiger partial charge in [0.1, 0.15) is 10.8 Å². The van der Waals surface area contributed by atoms with Crippen LogP contribution in [0.5, 0.6) is 5.88 Å². The molecule has 0 aliphatic carbocycles. The van der Waals surface area contributed by atoms with Crippen LogP contribution in [0.4, 0.5) is 0 Å². The van der Waals surface area contributed by atoms with Crippen molar-refractivity contribution >= 4 is 33.4 Å². The lowest BCUT2D eigenvalue weighted by Crippen LogP contribution is -2.31. The van der Waals surface area contributed by atoms with Gasteiger partial charge in [0, 0.05) is 13.1 Å². The lowest BCUT2D eigenvalue weighted by Gasteiger charge is -2.15. The zero-order chi connectivity index (χ0) is 18.5. The van der Waals surface area contributed by atoms with Gasteiger partial charge in [0.2, 0.25) is 0 Å². The van der Waals surface area contributed by atoms with Gasteiger partial charge in [0.15, 0.2) is 13.2 Å². The zero-order valence-electron chi connectivity index (χ0n) is 14.3. The molecule has 1 aromatic carbocycles. The minimum atomic E-state index is -0.660. The van der Waals surface area contributed by atoms with Gasteiger partial charge >= 0.3 is 5.97 Å². The number of nitrogens with zero attached hydrogens (tertiary/aromatic N) is 3. The molecule has 0 fully saturated rings. The van der Waals surface area contributed by atoms with Crippen LogP contribution in [-0.4, -0.2) is 47.2 Å². The van der Waals surface area contributed by atoms with Crippen molar-refractivity contribution in [1.29, 1.82) is 0 Å². The second-order valence-electron chi connectivity index (χ2n) is 5.55. The molecule has 0 saturated carbocycles. The standard InChI is InChI=1S/C17H17N3O5S/c1-11-7-14(19-25-11)23-10-17(22)24-9-16(21)20(2)8-15-18-12-5-3-4-6-13(12)26-15/h3-7H,8-10H2,1-2H3. The number of carbonyl (C=O) groups excluding carboxylic acids is 2. The van der Waals surface area contributed by atoms with Crippen molar-refractivity contribution in [2.24, 2.45) is 0 Å². The molecule has 8 nitrogen and oxygen atoms in total. The number of carbonyl (C=O) groups is 2. The number of aromatic nitrogens is 2. The summed E-state index contributed by atoms with van der Waals surface area (Å²) in [7, 11) is 1.64. The number of esters is 1. The second kappa shape index (κ2) is 7.96. The van der Waals surface area contributed by atoms with Crippen molar-refractivity contribution in [2.45, 2.75) is 13.5 Å². The van der Waals surface area contributed by atoms with Gasteiger partial charge in [-0.3, -0.25) is 4.79 Å². The molecule has 0 spiro atoms. The molecular weight excluding hydrogens is 358 g/mol. The third-order valence-electron chi connectivity index (χ3n) is 3.44. The predicted molar refractivity (Wildman–Crippen MR) is 93.8 cm³/mol. The van der Waals surface area contributed by atoms with Crippen LogP contribution < -0.4 is 4.74 Å². The van der Waals surface area contributed by atoms with Crippen molar-refractivity contribution in [1.82, 2.24) is 15.0 Å². The molecule has 0 unspecified atom stereocenters. The fraction of sp³-hybridized carbons (Fsp3) is 0.294. The molecule has 3 aromatic rings. The van der Waals surface area contributed by atoms with Crippen LogP contribution >= 0.6 is 11.3 Å². The quantitative estimate of drug-likeness (QED) is 0.584. The number of likely N-dealkylation sites (N-methyl/N-ethyl adjacent to an activating group) is 1. The Kier molecular flexibility index (Phi) is 5.47. The van der Waals surface area contributed by atoms with Gasteiger partial charge in [-0.15, -0.1) is 11.3 Å². The van der Waals surface area contributed by atoms with Crippen LogP contribution in [0.2, 0.25) is 0 Å². The third-order valence-corrected chi connectivity index (χ3v) is 4.46. The highest BCUT2D eigenvalue weighted by molar-refractivity contribution is 7.18. The van der Waals surface area contributed by atoms with E-state index in [0.717, 1.165) is 15.2 Å². The maximum absolute atomic E-state index is 12.1. The first-order valence-corrected chi connectivity index (χ1v) is 8.63. The van der Waals surface area contributed by atoms with Crippen molar-refractivity contribution in [3.05, 3.63) is 41.1 Å². The van der Waals surface area contributed by atoms with E-state index in [4.69, 9.17) is 14.0 Å². The molecule has 9 heteroatoms. The van der Waals surface area contributed by atoms with E-state index >= 15 is 0 Å². The summed E-state index contributed by atoms with van der Waals surface area (Å²) in [5.41, 5.74) is 0.903. The van der Waals surface area contributed by atoms with Crippen molar-refractivity contribution in [3.8, 4) is 5.88 Å². The molecule has 136 valence electrons. The Labute approximate surface area is 153 Å². The molecule has 1 amide bonds. The molecule has 0 saturated heterocycles. The number of fused-ring (bicyclic) bond motifs is 1. The highest BCUT2D eigenvalue weighted by atomic mass is 32.1. The molecule has 26 heavy (non-hydrogen) atoms. The molecule has 2 aromatic heterocycles. The maximum atomic E-state index is 12.1. The molecular formula is C17H17N3O5S. The summed E-state index contributed by atoms with van der Waals surface area (Å²) in [6.07, 6.45) is 0. The Morgan fingerprint density at radius 3 is 2.81 bits per heavy atom. The topological polar surface area (TPSA) is 94.8 Å². The lowest BCUT2D eigenvalue weighted by molar-refractivity contribution is -0.153. The number of para-hydroxylation sites is 1. The van der Waals surface area contributed by atoms with E-state index < -0.39 is 5.97 Å². The van der Waals surface area contributed by atoms with Crippen molar-refractivity contribution in [2.75, 3.05) is 20.3 Å². The van der Waals surface area contributed by atoms with Crippen LogP contribution in [0, 0.1) is 6.92 Å². The molecule has 0 radical (unpaired) electrons. The highest BCUT2D eigenvalue weighted by Crippen LogP contribution is 2.22. The maximum Gasteiger partial charge on any atom is 0.344 e. The van der Waals surface area contributed by atoms with E-state index in [1.807, 2.05) is 24.3 Å². The smallest absolute Gasteiger partial charge is 0.344 e. The van der Waals surface area contributed by atoms with Gasteiger partial charge in [0.25, 0.3) is 11.8 Å². The van der Waals surface area contributed by atoms with E-state index in [1.54, 1.807) is 20.0 Å². The molecule has 0 atom stereocenters. The monoisotopic (exact) mass is 375 g/mol. The second-order valence-corrected chi connectivity index (χ2v) is 6.67.